The van der Waals surface area contributed by atoms with Crippen LogP contribution >= 0.6 is 11.6 Å². The first-order valence-corrected chi connectivity index (χ1v) is 12.5. The van der Waals surface area contributed by atoms with Crippen LogP contribution in [0.3, 0.4) is 0 Å². The monoisotopic (exact) mass is 466 g/mol. The van der Waals surface area contributed by atoms with E-state index in [-0.39, 0.29) is 17.5 Å². The van der Waals surface area contributed by atoms with Crippen molar-refractivity contribution in [3.63, 3.8) is 0 Å². The summed E-state index contributed by atoms with van der Waals surface area (Å²) < 4.78 is 34.1. The van der Waals surface area contributed by atoms with E-state index in [1.807, 2.05) is 31.2 Å². The fourth-order valence-corrected chi connectivity index (χ4v) is 4.81. The predicted molar refractivity (Wildman–Crippen MR) is 120 cm³/mol. The Morgan fingerprint density at radius 1 is 1.00 bits per heavy atom. The van der Waals surface area contributed by atoms with Gasteiger partial charge in [0.05, 0.1) is 6.61 Å². The first-order chi connectivity index (χ1) is 14.1. The Bertz CT molecular complexity index is 1040. The number of hydrogen-bond acceptors (Lipinski definition) is 5. The lowest BCUT2D eigenvalue weighted by Gasteiger charge is -2.06. The Morgan fingerprint density at radius 3 is 2.20 bits per heavy atom. The molecular weight excluding hydrogens is 444 g/mol. The topological polar surface area (TPSA) is 86.7 Å². The van der Waals surface area contributed by atoms with Crippen molar-refractivity contribution in [3.05, 3.63) is 94.5 Å². The van der Waals surface area contributed by atoms with Crippen molar-refractivity contribution in [2.24, 2.45) is 0 Å². The molecule has 0 aliphatic heterocycles. The third kappa shape index (κ3) is 8.77. The molecule has 0 saturated carbocycles. The van der Waals surface area contributed by atoms with Crippen LogP contribution in [0, 0.1) is 6.92 Å². The third-order valence-electron chi connectivity index (χ3n) is 4.04. The van der Waals surface area contributed by atoms with Crippen molar-refractivity contribution in [2.75, 3.05) is 6.26 Å². The summed E-state index contributed by atoms with van der Waals surface area (Å²) in [5.74, 6) is 1.34. The lowest BCUT2D eigenvalue weighted by atomic mass is 10.2. The molecule has 3 aromatic carbocycles. The minimum atomic E-state index is -4.57. The van der Waals surface area contributed by atoms with Gasteiger partial charge in [-0.15, -0.1) is 0 Å². The Hall–Kier alpha value is -2.03. The quantitative estimate of drug-likeness (QED) is 0.319. The molecule has 5 nitrogen and oxygen atoms in total. The Labute approximate surface area is 185 Å². The van der Waals surface area contributed by atoms with Crippen LogP contribution in [-0.4, -0.2) is 24.3 Å². The summed E-state index contributed by atoms with van der Waals surface area (Å²) in [5, 5.41) is 10.2. The average molecular weight is 467 g/mol. The highest BCUT2D eigenvalue weighted by atomic mass is 35.5. The molecule has 3 rings (SSSR count). The van der Waals surface area contributed by atoms with Crippen LogP contribution < -0.4 is 0 Å². The first-order valence-electron chi connectivity index (χ1n) is 8.95. The highest BCUT2D eigenvalue weighted by Gasteiger charge is 2.19. The third-order valence-corrected chi connectivity index (χ3v) is 6.68. The molecule has 1 atom stereocenters. The molecule has 30 heavy (non-hydrogen) atoms. The molecule has 0 aliphatic carbocycles. The van der Waals surface area contributed by atoms with Gasteiger partial charge >= 0.3 is 0 Å². The van der Waals surface area contributed by atoms with Crippen molar-refractivity contribution < 1.29 is 22.3 Å². The molecule has 0 radical (unpaired) electrons. The summed E-state index contributed by atoms with van der Waals surface area (Å²) in [4.78, 5) is 1.31. The predicted octanol–water partition coefficient (Wildman–Crippen LogP) is 4.82. The molecule has 0 aromatic heterocycles. The lowest BCUT2D eigenvalue weighted by Crippen LogP contribution is -2.05. The number of benzene rings is 3. The molecule has 0 fully saturated rings. The number of hydrogen-bond donors (Lipinski definition) is 1. The fourth-order valence-electron chi connectivity index (χ4n) is 2.65. The smallest absolute Gasteiger partial charge is 0.217 e. The summed E-state index contributed by atoms with van der Waals surface area (Å²) in [7, 11) is -4.44. The Morgan fingerprint density at radius 2 is 1.63 bits per heavy atom. The highest BCUT2D eigenvalue weighted by Crippen LogP contribution is 2.24. The van der Waals surface area contributed by atoms with Crippen molar-refractivity contribution in [1.82, 2.24) is 0 Å². The molecule has 8 heteroatoms. The highest BCUT2D eigenvalue weighted by molar-refractivity contribution is 7.95. The molecule has 0 heterocycles. The van der Waals surface area contributed by atoms with Gasteiger partial charge in [0.1, 0.15) is 17.8 Å². The van der Waals surface area contributed by atoms with Crippen LogP contribution in [-0.2, 0) is 37.8 Å². The van der Waals surface area contributed by atoms with Crippen LogP contribution in [0.5, 0.6) is 5.75 Å². The number of halogens is 1. The molecular formula is C22H23ClO5S2. The molecule has 1 N–H and O–H groups in total. The SMILES string of the molecule is Cc1cc(O)ccc1[S+](C)Cc1ccc(Cl)cc1.O=S(=O)([O-])OCc1ccccc1. The van der Waals surface area contributed by atoms with Gasteiger partial charge in [-0.1, -0.05) is 54.1 Å². The van der Waals surface area contributed by atoms with Gasteiger partial charge in [0.2, 0.25) is 10.4 Å². The molecule has 3 aromatic rings. The van der Waals surface area contributed by atoms with E-state index in [1.165, 1.54) is 10.5 Å². The second-order valence-electron chi connectivity index (χ2n) is 6.51. The zero-order valence-corrected chi connectivity index (χ0v) is 19.0. The number of rotatable bonds is 6. The van der Waals surface area contributed by atoms with E-state index in [9.17, 15) is 18.1 Å². The zero-order valence-electron chi connectivity index (χ0n) is 16.6. The van der Waals surface area contributed by atoms with Gasteiger partial charge in [0, 0.05) is 27.0 Å². The van der Waals surface area contributed by atoms with Gasteiger partial charge in [-0.05, 0) is 42.8 Å². The average Bonchev–Trinajstić information content (AvgIpc) is 2.69. The summed E-state index contributed by atoms with van der Waals surface area (Å²) in [6, 6.07) is 22.2. The Kier molecular flexibility index (Phi) is 9.20. The van der Waals surface area contributed by atoms with E-state index in [4.69, 9.17) is 11.6 Å². The maximum absolute atomic E-state index is 10.0. The van der Waals surface area contributed by atoms with Crippen molar-refractivity contribution in [1.29, 1.82) is 0 Å². The van der Waals surface area contributed by atoms with Crippen LogP contribution in [0.1, 0.15) is 16.7 Å². The molecule has 0 saturated heterocycles. The standard InChI is InChI=1S/C15H15ClOS.C7H8O4S/c1-11-9-14(17)7-8-15(11)18(2)10-12-3-5-13(16)6-4-12;8-12(9,10)11-6-7-4-2-1-3-5-7/h3-9H,10H2,1-2H3;1-5H,6H2,(H,8,9,10). The molecule has 160 valence electrons. The lowest BCUT2D eigenvalue weighted by molar-refractivity contribution is 0.253. The summed E-state index contributed by atoms with van der Waals surface area (Å²) in [5.41, 5.74) is 3.09. The molecule has 0 amide bonds. The van der Waals surface area contributed by atoms with Crippen molar-refractivity contribution in [3.8, 4) is 5.75 Å². The van der Waals surface area contributed by atoms with Gasteiger partial charge < -0.3 is 9.66 Å². The maximum atomic E-state index is 10.0. The second kappa shape index (κ2) is 11.4. The fraction of sp³-hybridized carbons (Fsp3) is 0.182. The van der Waals surface area contributed by atoms with Gasteiger partial charge in [0.25, 0.3) is 0 Å². The zero-order chi connectivity index (χ0) is 22.1. The minimum absolute atomic E-state index is 0.135. The van der Waals surface area contributed by atoms with Crippen LogP contribution in [0.15, 0.2) is 77.7 Å². The van der Waals surface area contributed by atoms with Crippen molar-refractivity contribution in [2.45, 2.75) is 24.2 Å². The number of aryl methyl sites for hydroxylation is 1. The van der Waals surface area contributed by atoms with Gasteiger partial charge in [-0.2, -0.15) is 0 Å². The number of phenols is 1. The van der Waals surface area contributed by atoms with E-state index in [0.717, 1.165) is 16.3 Å². The van der Waals surface area contributed by atoms with Crippen LogP contribution in [0.4, 0.5) is 0 Å². The minimum Gasteiger partial charge on any atom is -0.726 e. The largest absolute Gasteiger partial charge is 0.726 e. The molecule has 0 spiro atoms. The Balaban J connectivity index is 0.000000232. The number of aromatic hydroxyl groups is 1. The summed E-state index contributed by atoms with van der Waals surface area (Å²) in [6.45, 7) is 1.84. The van der Waals surface area contributed by atoms with E-state index in [0.29, 0.717) is 11.3 Å². The summed E-state index contributed by atoms with van der Waals surface area (Å²) >= 11 is 5.88. The van der Waals surface area contributed by atoms with Gasteiger partial charge in [-0.25, -0.2) is 8.42 Å². The maximum Gasteiger partial charge on any atom is 0.217 e. The molecule has 0 aliphatic rings. The van der Waals surface area contributed by atoms with Gasteiger partial charge in [-0.3, -0.25) is 4.18 Å². The normalized spacial score (nSPS) is 12.0. The first kappa shape index (κ1) is 24.2. The van der Waals surface area contributed by atoms with Gasteiger partial charge in [0.15, 0.2) is 4.90 Å². The summed E-state index contributed by atoms with van der Waals surface area (Å²) in [6.07, 6.45) is 2.23. The van der Waals surface area contributed by atoms with Crippen LogP contribution in [0.25, 0.3) is 0 Å². The van der Waals surface area contributed by atoms with Crippen LogP contribution in [0.2, 0.25) is 5.02 Å². The molecule has 0 bridgehead atoms. The second-order valence-corrected chi connectivity index (χ2v) is 10.0. The van der Waals surface area contributed by atoms with E-state index in [2.05, 4.69) is 22.6 Å². The van der Waals surface area contributed by atoms with E-state index < -0.39 is 10.4 Å². The van der Waals surface area contributed by atoms with Crippen molar-refractivity contribution >= 4 is 32.9 Å². The van der Waals surface area contributed by atoms with E-state index in [1.54, 1.807) is 36.4 Å². The molecule has 1 unspecified atom stereocenters. The number of phenolic OH excluding ortho intramolecular Hbond substituents is 1. The van der Waals surface area contributed by atoms with E-state index >= 15 is 0 Å².